The summed E-state index contributed by atoms with van der Waals surface area (Å²) in [6.45, 7) is 9.27. The van der Waals surface area contributed by atoms with Crippen molar-refractivity contribution in [2.45, 2.75) is 47.2 Å². The Balaban J connectivity index is 1.92. The highest BCUT2D eigenvalue weighted by Crippen LogP contribution is 2.19. The van der Waals surface area contributed by atoms with Gasteiger partial charge < -0.3 is 9.73 Å². The Morgan fingerprint density at radius 3 is 2.52 bits per heavy atom. The lowest BCUT2D eigenvalue weighted by Crippen LogP contribution is -2.30. The van der Waals surface area contributed by atoms with Gasteiger partial charge in [0.15, 0.2) is 0 Å². The molecular formula is C15H24N6O2. The maximum Gasteiger partial charge on any atom is 0.238 e. The number of aryl methyl sites for hydroxylation is 3. The molecule has 1 N–H and O–H groups in total. The Labute approximate surface area is 135 Å². The Morgan fingerprint density at radius 2 is 1.96 bits per heavy atom. The molecule has 1 amide bonds. The Kier molecular flexibility index (Phi) is 5.49. The zero-order valence-electron chi connectivity index (χ0n) is 14.4. The van der Waals surface area contributed by atoms with E-state index in [0.29, 0.717) is 24.7 Å². The zero-order valence-corrected chi connectivity index (χ0v) is 14.4. The number of anilines is 1. The van der Waals surface area contributed by atoms with Crippen LogP contribution in [0.1, 0.15) is 37.0 Å². The number of carbonyl (C=O) groups is 1. The number of aromatic nitrogens is 4. The van der Waals surface area contributed by atoms with Gasteiger partial charge >= 0.3 is 0 Å². The highest BCUT2D eigenvalue weighted by molar-refractivity contribution is 5.93. The van der Waals surface area contributed by atoms with E-state index < -0.39 is 0 Å². The fourth-order valence-electron chi connectivity index (χ4n) is 2.39. The summed E-state index contributed by atoms with van der Waals surface area (Å²) in [5.41, 5.74) is 2.58. The normalized spacial score (nSPS) is 11.2. The van der Waals surface area contributed by atoms with Crippen LogP contribution in [0.3, 0.4) is 0 Å². The van der Waals surface area contributed by atoms with Gasteiger partial charge in [-0.05, 0) is 27.8 Å². The van der Waals surface area contributed by atoms with E-state index in [1.54, 1.807) is 0 Å². The van der Waals surface area contributed by atoms with E-state index in [-0.39, 0.29) is 12.5 Å². The molecule has 2 aromatic heterocycles. The summed E-state index contributed by atoms with van der Waals surface area (Å²) < 4.78 is 7.32. The number of hydrogen-bond acceptors (Lipinski definition) is 6. The standard InChI is InChI=1S/C15H24N6O2/c1-6-13-17-18-14(23-13)9-20(5)8-12(22)16-15-10(3)19-21(7-2)11(15)4/h6-9H2,1-5H3,(H,16,22). The molecule has 2 aromatic rings. The topological polar surface area (TPSA) is 89.1 Å². The van der Waals surface area contributed by atoms with E-state index >= 15 is 0 Å². The van der Waals surface area contributed by atoms with Gasteiger partial charge in [-0.2, -0.15) is 5.10 Å². The predicted octanol–water partition coefficient (Wildman–Crippen LogP) is 1.54. The lowest BCUT2D eigenvalue weighted by molar-refractivity contribution is -0.117. The average molecular weight is 320 g/mol. The monoisotopic (exact) mass is 320 g/mol. The second-order valence-corrected chi connectivity index (χ2v) is 5.53. The van der Waals surface area contributed by atoms with Crippen LogP contribution in [0.5, 0.6) is 0 Å². The average Bonchev–Trinajstić information content (AvgIpc) is 3.06. The maximum absolute atomic E-state index is 12.2. The van der Waals surface area contributed by atoms with E-state index in [0.717, 1.165) is 23.6 Å². The number of amides is 1. The van der Waals surface area contributed by atoms with Crippen LogP contribution < -0.4 is 5.32 Å². The van der Waals surface area contributed by atoms with Gasteiger partial charge in [-0.1, -0.05) is 6.92 Å². The Morgan fingerprint density at radius 1 is 1.26 bits per heavy atom. The van der Waals surface area contributed by atoms with Crippen LogP contribution >= 0.6 is 0 Å². The van der Waals surface area contributed by atoms with Gasteiger partial charge in [0.2, 0.25) is 17.7 Å². The lowest BCUT2D eigenvalue weighted by atomic mass is 10.3. The molecule has 23 heavy (non-hydrogen) atoms. The first-order valence-corrected chi connectivity index (χ1v) is 7.78. The van der Waals surface area contributed by atoms with Crippen LogP contribution in [0.15, 0.2) is 4.42 Å². The van der Waals surface area contributed by atoms with Gasteiger partial charge in [-0.3, -0.25) is 14.4 Å². The minimum atomic E-state index is -0.0930. The summed E-state index contributed by atoms with van der Waals surface area (Å²) >= 11 is 0. The summed E-state index contributed by atoms with van der Waals surface area (Å²) in [7, 11) is 1.84. The predicted molar refractivity (Wildman–Crippen MR) is 86.0 cm³/mol. The van der Waals surface area contributed by atoms with Crippen LogP contribution in [0.25, 0.3) is 0 Å². The van der Waals surface area contributed by atoms with Crippen LogP contribution in [0.2, 0.25) is 0 Å². The molecule has 0 saturated heterocycles. The Hall–Kier alpha value is -2.22. The quantitative estimate of drug-likeness (QED) is 0.832. The fourth-order valence-corrected chi connectivity index (χ4v) is 2.39. The number of rotatable bonds is 7. The number of likely N-dealkylation sites (N-methyl/N-ethyl adjacent to an activating group) is 1. The summed E-state index contributed by atoms with van der Waals surface area (Å²) in [6.07, 6.45) is 0.706. The Bertz CT molecular complexity index is 676. The molecule has 126 valence electrons. The molecule has 0 bridgehead atoms. The fraction of sp³-hybridized carbons (Fsp3) is 0.600. The van der Waals surface area contributed by atoms with E-state index in [4.69, 9.17) is 4.42 Å². The molecule has 0 radical (unpaired) electrons. The summed E-state index contributed by atoms with van der Waals surface area (Å²) in [6, 6.07) is 0. The van der Waals surface area contributed by atoms with Crippen LogP contribution in [0.4, 0.5) is 5.69 Å². The van der Waals surface area contributed by atoms with Crippen molar-refractivity contribution in [2.24, 2.45) is 0 Å². The van der Waals surface area contributed by atoms with Gasteiger partial charge in [-0.25, -0.2) is 0 Å². The molecule has 8 nitrogen and oxygen atoms in total. The number of nitrogens with zero attached hydrogens (tertiary/aromatic N) is 5. The molecular weight excluding hydrogens is 296 g/mol. The molecule has 0 atom stereocenters. The number of hydrogen-bond donors (Lipinski definition) is 1. The molecule has 2 heterocycles. The van der Waals surface area contributed by atoms with Crippen molar-refractivity contribution >= 4 is 11.6 Å². The molecule has 0 saturated carbocycles. The zero-order chi connectivity index (χ0) is 17.0. The summed E-state index contributed by atoms with van der Waals surface area (Å²) in [4.78, 5) is 14.1. The SMILES string of the molecule is CCc1nnc(CN(C)CC(=O)Nc2c(C)nn(CC)c2C)o1. The summed E-state index contributed by atoms with van der Waals surface area (Å²) in [5, 5.41) is 15.2. The summed E-state index contributed by atoms with van der Waals surface area (Å²) in [5.74, 6) is 1.03. The van der Waals surface area contributed by atoms with Gasteiger partial charge in [0, 0.05) is 13.0 Å². The van der Waals surface area contributed by atoms with Crippen molar-refractivity contribution in [3.05, 3.63) is 23.2 Å². The lowest BCUT2D eigenvalue weighted by Gasteiger charge is -2.14. The van der Waals surface area contributed by atoms with Crippen molar-refractivity contribution < 1.29 is 9.21 Å². The van der Waals surface area contributed by atoms with Crippen molar-refractivity contribution in [2.75, 3.05) is 18.9 Å². The van der Waals surface area contributed by atoms with Crippen LogP contribution in [-0.2, 0) is 24.3 Å². The van der Waals surface area contributed by atoms with E-state index in [2.05, 4.69) is 20.6 Å². The minimum absolute atomic E-state index is 0.0930. The third kappa shape index (κ3) is 4.16. The molecule has 0 unspecified atom stereocenters. The first-order chi connectivity index (χ1) is 10.9. The molecule has 0 aliphatic carbocycles. The van der Waals surface area contributed by atoms with Gasteiger partial charge in [0.05, 0.1) is 30.2 Å². The minimum Gasteiger partial charge on any atom is -0.424 e. The van der Waals surface area contributed by atoms with E-state index in [9.17, 15) is 4.79 Å². The smallest absolute Gasteiger partial charge is 0.238 e. The van der Waals surface area contributed by atoms with Gasteiger partial charge in [-0.15, -0.1) is 10.2 Å². The van der Waals surface area contributed by atoms with Crippen molar-refractivity contribution in [3.8, 4) is 0 Å². The van der Waals surface area contributed by atoms with Gasteiger partial charge in [0.1, 0.15) is 0 Å². The third-order valence-electron chi connectivity index (χ3n) is 3.58. The first kappa shape index (κ1) is 17.1. The molecule has 2 rings (SSSR count). The molecule has 0 fully saturated rings. The molecule has 0 aliphatic rings. The van der Waals surface area contributed by atoms with Gasteiger partial charge in [0.25, 0.3) is 0 Å². The highest BCUT2D eigenvalue weighted by Gasteiger charge is 2.16. The largest absolute Gasteiger partial charge is 0.424 e. The second-order valence-electron chi connectivity index (χ2n) is 5.53. The van der Waals surface area contributed by atoms with Crippen molar-refractivity contribution in [1.29, 1.82) is 0 Å². The van der Waals surface area contributed by atoms with Crippen molar-refractivity contribution in [1.82, 2.24) is 24.9 Å². The van der Waals surface area contributed by atoms with E-state index in [1.807, 2.05) is 44.3 Å². The maximum atomic E-state index is 12.2. The molecule has 0 aliphatic heterocycles. The first-order valence-electron chi connectivity index (χ1n) is 7.78. The van der Waals surface area contributed by atoms with Crippen LogP contribution in [-0.4, -0.2) is 44.4 Å². The second kappa shape index (κ2) is 7.36. The molecule has 0 spiro atoms. The third-order valence-corrected chi connectivity index (χ3v) is 3.58. The van der Waals surface area contributed by atoms with Crippen LogP contribution in [0, 0.1) is 13.8 Å². The number of carbonyl (C=O) groups excluding carboxylic acids is 1. The molecule has 0 aromatic carbocycles. The van der Waals surface area contributed by atoms with E-state index in [1.165, 1.54) is 0 Å². The molecule has 8 heteroatoms. The number of nitrogens with one attached hydrogen (secondary N) is 1. The van der Waals surface area contributed by atoms with Crippen molar-refractivity contribution in [3.63, 3.8) is 0 Å². The highest BCUT2D eigenvalue weighted by atomic mass is 16.4.